The van der Waals surface area contributed by atoms with Gasteiger partial charge < -0.3 is 5.11 Å². The number of carboxylic acids is 1. The van der Waals surface area contributed by atoms with E-state index in [4.69, 9.17) is 0 Å². The van der Waals surface area contributed by atoms with Crippen molar-refractivity contribution in [1.82, 2.24) is 4.90 Å². The van der Waals surface area contributed by atoms with Crippen molar-refractivity contribution in [2.45, 2.75) is 24.8 Å². The van der Waals surface area contributed by atoms with Crippen LogP contribution in [0.2, 0.25) is 0 Å². The number of benzene rings is 1. The number of carboxylic acid groups (broad SMARTS) is 1. The number of urea groups is 1. The highest BCUT2D eigenvalue weighted by molar-refractivity contribution is 8.00. The Balaban J connectivity index is 1.90. The minimum absolute atomic E-state index is 0.198. The molecule has 112 valence electrons. The number of hydrogen-bond acceptors (Lipinski definition) is 3. The maximum Gasteiger partial charge on any atom is 0.327 e. The lowest BCUT2D eigenvalue weighted by atomic mass is 10.2. The van der Waals surface area contributed by atoms with Gasteiger partial charge in [-0.2, -0.15) is 0 Å². The molecule has 2 aliphatic rings. The maximum absolute atomic E-state index is 13.4. The maximum atomic E-state index is 13.4. The fourth-order valence-corrected chi connectivity index (χ4v) is 3.98. The molecule has 0 saturated carbocycles. The first-order chi connectivity index (χ1) is 9.99. The van der Waals surface area contributed by atoms with Crippen molar-refractivity contribution >= 4 is 29.4 Å². The lowest BCUT2D eigenvalue weighted by molar-refractivity contribution is -0.141. The summed E-state index contributed by atoms with van der Waals surface area (Å²) in [5.41, 5.74) is 1.46. The van der Waals surface area contributed by atoms with Crippen LogP contribution in [0.1, 0.15) is 12.5 Å². The lowest BCUT2D eigenvalue weighted by Crippen LogP contribution is -2.50. The average molecular weight is 310 g/mol. The van der Waals surface area contributed by atoms with Crippen LogP contribution in [0.25, 0.3) is 0 Å². The standard InChI is InChI=1S/C14H15FN2O3S/c1-8-17(12(7-21-8)13(18)19)14(20)16-5-4-9-2-3-10(15)6-11(9)16/h2-3,6,8,12H,4-5,7H2,1H3,(H,18,19). The zero-order valence-corrected chi connectivity index (χ0v) is 12.3. The second kappa shape index (κ2) is 5.22. The minimum Gasteiger partial charge on any atom is -0.480 e. The molecule has 1 saturated heterocycles. The number of fused-ring (bicyclic) bond motifs is 1. The van der Waals surface area contributed by atoms with E-state index < -0.39 is 17.8 Å². The Bertz CT molecular complexity index is 610. The Labute approximate surface area is 125 Å². The zero-order chi connectivity index (χ0) is 15.1. The molecule has 5 nitrogen and oxygen atoms in total. The number of hydrogen-bond donors (Lipinski definition) is 1. The summed E-state index contributed by atoms with van der Waals surface area (Å²) in [6.45, 7) is 2.27. The highest BCUT2D eigenvalue weighted by Crippen LogP contribution is 2.34. The summed E-state index contributed by atoms with van der Waals surface area (Å²) in [5.74, 6) is -1.02. The summed E-state index contributed by atoms with van der Waals surface area (Å²) in [6, 6.07) is 3.21. The lowest BCUT2D eigenvalue weighted by Gasteiger charge is -2.30. The predicted octanol–water partition coefficient (Wildman–Crippen LogP) is 2.16. The van der Waals surface area contributed by atoms with Gasteiger partial charge in [-0.3, -0.25) is 9.80 Å². The van der Waals surface area contributed by atoms with E-state index in [-0.39, 0.29) is 11.4 Å². The minimum atomic E-state index is -1.00. The first-order valence-electron chi connectivity index (χ1n) is 6.71. The van der Waals surface area contributed by atoms with Gasteiger partial charge in [0.15, 0.2) is 0 Å². The van der Waals surface area contributed by atoms with Crippen molar-refractivity contribution in [2.75, 3.05) is 17.2 Å². The molecular formula is C14H15FN2O3S. The molecule has 1 fully saturated rings. The topological polar surface area (TPSA) is 60.9 Å². The van der Waals surface area contributed by atoms with Gasteiger partial charge >= 0.3 is 12.0 Å². The van der Waals surface area contributed by atoms with Gasteiger partial charge in [-0.15, -0.1) is 11.8 Å². The first-order valence-corrected chi connectivity index (χ1v) is 7.76. The van der Waals surface area contributed by atoms with E-state index in [9.17, 15) is 19.1 Å². The third kappa shape index (κ3) is 2.35. The van der Waals surface area contributed by atoms with E-state index in [1.165, 1.54) is 33.7 Å². The van der Waals surface area contributed by atoms with Crippen LogP contribution in [0.15, 0.2) is 18.2 Å². The van der Waals surface area contributed by atoms with E-state index in [0.29, 0.717) is 24.4 Å². The molecular weight excluding hydrogens is 295 g/mol. The molecule has 0 radical (unpaired) electrons. The number of nitrogens with zero attached hydrogens (tertiary/aromatic N) is 2. The van der Waals surface area contributed by atoms with Crippen molar-refractivity contribution in [3.05, 3.63) is 29.6 Å². The van der Waals surface area contributed by atoms with Gasteiger partial charge in [-0.1, -0.05) is 6.07 Å². The Morgan fingerprint density at radius 2 is 2.19 bits per heavy atom. The summed E-state index contributed by atoms with van der Waals surface area (Å²) >= 11 is 1.44. The van der Waals surface area contributed by atoms with Gasteiger partial charge in [-0.05, 0) is 31.0 Å². The molecule has 2 heterocycles. The van der Waals surface area contributed by atoms with Gasteiger partial charge in [0.05, 0.1) is 11.1 Å². The SMILES string of the molecule is CC1SCC(C(=O)O)N1C(=O)N1CCc2ccc(F)cc21. The first kappa shape index (κ1) is 14.2. The van der Waals surface area contributed by atoms with E-state index in [0.717, 1.165) is 5.56 Å². The van der Waals surface area contributed by atoms with E-state index in [1.807, 2.05) is 6.92 Å². The van der Waals surface area contributed by atoms with Crippen LogP contribution < -0.4 is 4.90 Å². The molecule has 1 N–H and O–H groups in total. The van der Waals surface area contributed by atoms with Crippen LogP contribution in [0.5, 0.6) is 0 Å². The highest BCUT2D eigenvalue weighted by atomic mass is 32.2. The van der Waals surface area contributed by atoms with Crippen molar-refractivity contribution in [3.8, 4) is 0 Å². The smallest absolute Gasteiger partial charge is 0.327 e. The quantitative estimate of drug-likeness (QED) is 0.863. The van der Waals surface area contributed by atoms with Crippen molar-refractivity contribution in [3.63, 3.8) is 0 Å². The number of anilines is 1. The molecule has 2 aliphatic heterocycles. The molecule has 1 aromatic rings. The van der Waals surface area contributed by atoms with Gasteiger partial charge in [0.1, 0.15) is 11.9 Å². The second-order valence-corrected chi connectivity index (χ2v) is 6.50. The summed E-state index contributed by atoms with van der Waals surface area (Å²) in [5, 5.41) is 9.05. The fraction of sp³-hybridized carbons (Fsp3) is 0.429. The van der Waals surface area contributed by atoms with Gasteiger partial charge in [-0.25, -0.2) is 14.0 Å². The highest BCUT2D eigenvalue weighted by Gasteiger charge is 2.42. The monoisotopic (exact) mass is 310 g/mol. The Morgan fingerprint density at radius 1 is 1.43 bits per heavy atom. The molecule has 7 heteroatoms. The average Bonchev–Trinajstić information content (AvgIpc) is 3.01. The van der Waals surface area contributed by atoms with E-state index in [2.05, 4.69) is 0 Å². The molecule has 0 bridgehead atoms. The molecule has 2 amide bonds. The summed E-state index contributed by atoms with van der Waals surface area (Å²) in [7, 11) is 0. The van der Waals surface area contributed by atoms with Gasteiger partial charge in [0, 0.05) is 12.3 Å². The molecule has 0 spiro atoms. The van der Waals surface area contributed by atoms with Crippen LogP contribution in [0, 0.1) is 5.82 Å². The van der Waals surface area contributed by atoms with Crippen LogP contribution in [0.4, 0.5) is 14.9 Å². The Kier molecular flexibility index (Phi) is 3.52. The van der Waals surface area contributed by atoms with E-state index >= 15 is 0 Å². The van der Waals surface area contributed by atoms with Crippen LogP contribution >= 0.6 is 11.8 Å². The molecule has 2 atom stereocenters. The number of halogens is 1. The second-order valence-electron chi connectivity index (χ2n) is 5.15. The van der Waals surface area contributed by atoms with Crippen LogP contribution in [0.3, 0.4) is 0 Å². The number of carbonyl (C=O) groups is 2. The van der Waals surface area contributed by atoms with E-state index in [1.54, 1.807) is 6.07 Å². The Hall–Kier alpha value is -1.76. The molecule has 0 aliphatic carbocycles. The largest absolute Gasteiger partial charge is 0.480 e. The van der Waals surface area contributed by atoms with Gasteiger partial charge in [0.25, 0.3) is 0 Å². The number of rotatable bonds is 1. The summed E-state index contributed by atoms with van der Waals surface area (Å²) in [6.07, 6.45) is 0.661. The van der Waals surface area contributed by atoms with Crippen LogP contribution in [-0.2, 0) is 11.2 Å². The molecule has 2 unspecified atom stereocenters. The van der Waals surface area contributed by atoms with Crippen molar-refractivity contribution in [1.29, 1.82) is 0 Å². The predicted molar refractivity (Wildman–Crippen MR) is 78.0 cm³/mol. The van der Waals surface area contributed by atoms with Gasteiger partial charge in [0.2, 0.25) is 0 Å². The number of amides is 2. The summed E-state index contributed by atoms with van der Waals surface area (Å²) in [4.78, 5) is 26.9. The van der Waals surface area contributed by atoms with Crippen molar-refractivity contribution < 1.29 is 19.1 Å². The number of thioether (sulfide) groups is 1. The summed E-state index contributed by atoms with van der Waals surface area (Å²) < 4.78 is 13.4. The molecule has 0 aromatic heterocycles. The zero-order valence-electron chi connectivity index (χ0n) is 11.5. The Morgan fingerprint density at radius 3 is 2.90 bits per heavy atom. The molecule has 1 aromatic carbocycles. The third-order valence-corrected chi connectivity index (χ3v) is 5.12. The molecule has 21 heavy (non-hydrogen) atoms. The third-order valence-electron chi connectivity index (χ3n) is 3.90. The number of carbonyl (C=O) groups excluding carboxylic acids is 1. The fourth-order valence-electron chi connectivity index (χ4n) is 2.81. The normalized spacial score (nSPS) is 24.3. The van der Waals surface area contributed by atoms with Crippen LogP contribution in [-0.4, -0.2) is 45.7 Å². The molecule has 3 rings (SSSR count). The number of aliphatic carboxylic acids is 1. The van der Waals surface area contributed by atoms with Crippen molar-refractivity contribution in [2.24, 2.45) is 0 Å².